The molecule has 0 heterocycles. The maximum Gasteiger partial charge on any atom is 0.316 e. The number of ether oxygens (including phenoxy) is 1. The first-order valence-electron chi connectivity index (χ1n) is 7.20. The normalized spacial score (nSPS) is 15.0. The summed E-state index contributed by atoms with van der Waals surface area (Å²) in [5.41, 5.74) is 0.730. The molecule has 0 atom stereocenters. The number of rotatable bonds is 6. The van der Waals surface area contributed by atoms with Gasteiger partial charge in [0, 0.05) is 17.5 Å². The highest BCUT2D eigenvalue weighted by molar-refractivity contribution is 8.00. The van der Waals surface area contributed by atoms with Crippen LogP contribution in [0.3, 0.4) is 0 Å². The van der Waals surface area contributed by atoms with E-state index < -0.39 is 5.60 Å². The molecule has 0 spiro atoms. The van der Waals surface area contributed by atoms with Crippen molar-refractivity contribution in [2.45, 2.75) is 56.7 Å². The largest absolute Gasteiger partial charge is 0.459 e. The second kappa shape index (κ2) is 7.03. The predicted octanol–water partition coefficient (Wildman–Crippen LogP) is 4.03. The Morgan fingerprint density at radius 3 is 2.71 bits per heavy atom. The lowest BCUT2D eigenvalue weighted by Crippen LogP contribution is -2.24. The molecule has 1 aromatic rings. The number of carbonyl (C=O) groups excluding carboxylic acids is 1. The standard InChI is InChI=1S/C16H22ClNO2S/c1-16(2,3)20-15(19)10-21-14-7-4-11(8-13(14)17)9-18-12-5-6-12/h4,7-8,12,18H,5-6,9-10H2,1-3H3. The Labute approximate surface area is 135 Å². The van der Waals surface area contributed by atoms with Gasteiger partial charge in [-0.1, -0.05) is 17.7 Å². The van der Waals surface area contributed by atoms with Gasteiger partial charge >= 0.3 is 5.97 Å². The Morgan fingerprint density at radius 1 is 1.43 bits per heavy atom. The molecular formula is C16H22ClNO2S. The van der Waals surface area contributed by atoms with E-state index in [1.54, 1.807) is 0 Å². The van der Waals surface area contributed by atoms with E-state index in [4.69, 9.17) is 16.3 Å². The second-order valence-electron chi connectivity index (χ2n) is 6.30. The minimum atomic E-state index is -0.445. The Kier molecular flexibility index (Phi) is 5.58. The molecule has 1 fully saturated rings. The van der Waals surface area contributed by atoms with Crippen LogP contribution in [-0.2, 0) is 16.1 Å². The number of hydrogen-bond donors (Lipinski definition) is 1. The van der Waals surface area contributed by atoms with Crippen LogP contribution < -0.4 is 5.32 Å². The number of esters is 1. The fourth-order valence-corrected chi connectivity index (χ4v) is 2.89. The zero-order valence-electron chi connectivity index (χ0n) is 12.7. The topological polar surface area (TPSA) is 38.3 Å². The number of nitrogens with one attached hydrogen (secondary N) is 1. The van der Waals surface area contributed by atoms with Gasteiger partial charge in [0.1, 0.15) is 5.60 Å². The molecule has 21 heavy (non-hydrogen) atoms. The molecule has 5 heteroatoms. The molecule has 2 rings (SSSR count). The molecule has 1 saturated carbocycles. The van der Waals surface area contributed by atoms with Crippen LogP contribution in [-0.4, -0.2) is 23.4 Å². The molecule has 0 saturated heterocycles. The molecule has 0 aromatic heterocycles. The van der Waals surface area contributed by atoms with Gasteiger partial charge in [-0.3, -0.25) is 4.79 Å². The average Bonchev–Trinajstić information content (AvgIpc) is 3.17. The van der Waals surface area contributed by atoms with Crippen molar-refractivity contribution in [3.63, 3.8) is 0 Å². The maximum absolute atomic E-state index is 11.7. The fraction of sp³-hybridized carbons (Fsp3) is 0.562. The van der Waals surface area contributed by atoms with E-state index >= 15 is 0 Å². The molecule has 116 valence electrons. The van der Waals surface area contributed by atoms with E-state index in [0.717, 1.165) is 11.4 Å². The van der Waals surface area contributed by atoms with Crippen molar-refractivity contribution in [3.8, 4) is 0 Å². The monoisotopic (exact) mass is 327 g/mol. The van der Waals surface area contributed by atoms with Crippen LogP contribution in [0.5, 0.6) is 0 Å². The van der Waals surface area contributed by atoms with E-state index in [1.807, 2.05) is 32.9 Å². The van der Waals surface area contributed by atoms with Gasteiger partial charge in [0.15, 0.2) is 0 Å². The molecule has 0 radical (unpaired) electrons. The lowest BCUT2D eigenvalue weighted by molar-refractivity contribution is -0.151. The fourth-order valence-electron chi connectivity index (χ4n) is 1.83. The van der Waals surface area contributed by atoms with Crippen LogP contribution in [0.15, 0.2) is 23.1 Å². The lowest BCUT2D eigenvalue weighted by Gasteiger charge is -2.19. The van der Waals surface area contributed by atoms with E-state index in [-0.39, 0.29) is 11.7 Å². The van der Waals surface area contributed by atoms with Gasteiger partial charge in [0.05, 0.1) is 10.8 Å². The summed E-state index contributed by atoms with van der Waals surface area (Å²) in [5.74, 6) is 0.0551. The minimum Gasteiger partial charge on any atom is -0.459 e. The third-order valence-electron chi connectivity index (χ3n) is 2.93. The van der Waals surface area contributed by atoms with Crippen molar-refractivity contribution in [2.24, 2.45) is 0 Å². The molecule has 3 nitrogen and oxygen atoms in total. The third-order valence-corrected chi connectivity index (χ3v) is 4.41. The maximum atomic E-state index is 11.7. The van der Waals surface area contributed by atoms with Crippen molar-refractivity contribution in [1.82, 2.24) is 5.32 Å². The molecule has 0 unspecified atom stereocenters. The van der Waals surface area contributed by atoms with Gasteiger partial charge < -0.3 is 10.1 Å². The summed E-state index contributed by atoms with van der Waals surface area (Å²) < 4.78 is 5.28. The summed E-state index contributed by atoms with van der Waals surface area (Å²) in [6.07, 6.45) is 2.55. The molecule has 1 aliphatic carbocycles. The molecular weight excluding hydrogens is 306 g/mol. The smallest absolute Gasteiger partial charge is 0.316 e. The van der Waals surface area contributed by atoms with Crippen LogP contribution in [0.2, 0.25) is 5.02 Å². The highest BCUT2D eigenvalue weighted by Gasteiger charge is 2.20. The third kappa shape index (κ3) is 6.29. The minimum absolute atomic E-state index is 0.219. The number of benzene rings is 1. The second-order valence-corrected chi connectivity index (χ2v) is 7.72. The van der Waals surface area contributed by atoms with Gasteiger partial charge in [-0.05, 0) is 51.3 Å². The van der Waals surface area contributed by atoms with Crippen molar-refractivity contribution < 1.29 is 9.53 Å². The summed E-state index contributed by atoms with van der Waals surface area (Å²) >= 11 is 7.69. The summed E-state index contributed by atoms with van der Waals surface area (Å²) in [7, 11) is 0. The van der Waals surface area contributed by atoms with Gasteiger partial charge in [0.2, 0.25) is 0 Å². The van der Waals surface area contributed by atoms with Crippen LogP contribution in [0.4, 0.5) is 0 Å². The highest BCUT2D eigenvalue weighted by atomic mass is 35.5. The molecule has 1 N–H and O–H groups in total. The van der Waals surface area contributed by atoms with Gasteiger partial charge in [0.25, 0.3) is 0 Å². The zero-order valence-corrected chi connectivity index (χ0v) is 14.3. The quantitative estimate of drug-likeness (QED) is 0.632. The summed E-state index contributed by atoms with van der Waals surface area (Å²) in [6, 6.07) is 6.68. The van der Waals surface area contributed by atoms with E-state index in [9.17, 15) is 4.79 Å². The van der Waals surface area contributed by atoms with Crippen LogP contribution in [0.25, 0.3) is 0 Å². The molecule has 1 aliphatic rings. The number of thioether (sulfide) groups is 1. The van der Waals surface area contributed by atoms with Gasteiger partial charge in [-0.2, -0.15) is 0 Å². The van der Waals surface area contributed by atoms with Crippen molar-refractivity contribution in [2.75, 3.05) is 5.75 Å². The van der Waals surface area contributed by atoms with Crippen molar-refractivity contribution >= 4 is 29.3 Å². The van der Waals surface area contributed by atoms with Gasteiger partial charge in [-0.25, -0.2) is 0 Å². The van der Waals surface area contributed by atoms with Crippen molar-refractivity contribution in [3.05, 3.63) is 28.8 Å². The van der Waals surface area contributed by atoms with E-state index in [0.29, 0.717) is 11.1 Å². The Morgan fingerprint density at radius 2 is 2.14 bits per heavy atom. The number of halogens is 1. The van der Waals surface area contributed by atoms with E-state index in [2.05, 4.69) is 11.4 Å². The Hall–Kier alpha value is -0.710. The van der Waals surface area contributed by atoms with Crippen LogP contribution >= 0.6 is 23.4 Å². The van der Waals surface area contributed by atoms with E-state index in [1.165, 1.54) is 30.2 Å². The summed E-state index contributed by atoms with van der Waals surface area (Å²) in [5, 5.41) is 4.15. The van der Waals surface area contributed by atoms with Crippen LogP contribution in [0.1, 0.15) is 39.2 Å². The first-order chi connectivity index (χ1) is 9.83. The zero-order chi connectivity index (χ0) is 15.5. The Balaban J connectivity index is 1.83. The SMILES string of the molecule is CC(C)(C)OC(=O)CSc1ccc(CNC2CC2)cc1Cl. The molecule has 0 bridgehead atoms. The number of carbonyl (C=O) groups is 1. The molecule has 0 aliphatic heterocycles. The Bertz CT molecular complexity index is 509. The predicted molar refractivity (Wildman–Crippen MR) is 87.9 cm³/mol. The van der Waals surface area contributed by atoms with Gasteiger partial charge in [-0.15, -0.1) is 11.8 Å². The van der Waals surface area contributed by atoms with Crippen molar-refractivity contribution in [1.29, 1.82) is 0 Å². The summed E-state index contributed by atoms with van der Waals surface area (Å²) in [4.78, 5) is 12.6. The first kappa shape index (κ1) is 16.7. The highest BCUT2D eigenvalue weighted by Crippen LogP contribution is 2.29. The summed E-state index contributed by atoms with van der Waals surface area (Å²) in [6.45, 7) is 6.44. The average molecular weight is 328 g/mol. The first-order valence-corrected chi connectivity index (χ1v) is 8.56. The molecule has 0 amide bonds. The van der Waals surface area contributed by atoms with Crippen LogP contribution in [0, 0.1) is 0 Å². The molecule has 1 aromatic carbocycles. The lowest BCUT2D eigenvalue weighted by atomic mass is 10.2. The number of hydrogen-bond acceptors (Lipinski definition) is 4.